The molecule has 0 saturated carbocycles. The fraction of sp³-hybridized carbons (Fsp3) is 0.182. The fourth-order valence-corrected chi connectivity index (χ4v) is 2.37. The highest BCUT2D eigenvalue weighted by molar-refractivity contribution is 9.10. The van der Waals surface area contributed by atoms with Crippen LogP contribution in [-0.4, -0.2) is 15.5 Å². The summed E-state index contributed by atoms with van der Waals surface area (Å²) >= 11 is 3.78. The Labute approximate surface area is 120 Å². The lowest BCUT2D eigenvalue weighted by Gasteiger charge is -2.06. The quantitative estimate of drug-likeness (QED) is 0.865. The molecule has 19 heavy (non-hydrogen) atoms. The van der Waals surface area contributed by atoms with E-state index in [4.69, 9.17) is 0 Å². The summed E-state index contributed by atoms with van der Waals surface area (Å²) in [5, 5.41) is 6.09. The molecular formula is C11H8BrF2N3OS. The molecule has 0 aliphatic heterocycles. The van der Waals surface area contributed by atoms with E-state index >= 15 is 0 Å². The second-order valence-corrected chi connectivity index (χ2v) is 5.21. The molecule has 1 aromatic carbocycles. The molecular weight excluding hydrogens is 340 g/mol. The van der Waals surface area contributed by atoms with Crippen molar-refractivity contribution in [2.75, 3.05) is 5.32 Å². The van der Waals surface area contributed by atoms with Crippen LogP contribution >= 0.6 is 27.5 Å². The minimum absolute atomic E-state index is 0.00305. The summed E-state index contributed by atoms with van der Waals surface area (Å²) in [5.41, 5.74) is 0.307. The van der Waals surface area contributed by atoms with Gasteiger partial charge in [0.15, 0.2) is 0 Å². The second-order valence-electron chi connectivity index (χ2n) is 3.60. The van der Waals surface area contributed by atoms with E-state index in [0.29, 0.717) is 17.0 Å². The molecule has 0 atom stereocenters. The van der Waals surface area contributed by atoms with E-state index in [1.54, 1.807) is 0 Å². The van der Waals surface area contributed by atoms with Gasteiger partial charge in [-0.2, -0.15) is 0 Å². The molecule has 1 N–H and O–H groups in total. The Morgan fingerprint density at radius 1 is 1.42 bits per heavy atom. The number of carbonyl (C=O) groups is 1. The van der Waals surface area contributed by atoms with Gasteiger partial charge in [-0.05, 0) is 39.9 Å². The van der Waals surface area contributed by atoms with Crippen LogP contribution in [0.4, 0.5) is 14.5 Å². The zero-order chi connectivity index (χ0) is 14.0. The first-order chi connectivity index (χ1) is 9.02. The average molecular weight is 348 g/mol. The van der Waals surface area contributed by atoms with Gasteiger partial charge in [-0.1, -0.05) is 11.4 Å². The predicted octanol–water partition coefficient (Wildman–Crippen LogP) is 3.39. The van der Waals surface area contributed by atoms with E-state index in [0.717, 1.165) is 23.7 Å². The zero-order valence-electron chi connectivity index (χ0n) is 9.71. The van der Waals surface area contributed by atoms with Crippen molar-refractivity contribution in [1.29, 1.82) is 0 Å². The molecule has 0 aliphatic rings. The molecule has 1 aromatic heterocycles. The smallest absolute Gasteiger partial charge is 0.269 e. The normalized spacial score (nSPS) is 10.5. The molecule has 0 saturated heterocycles. The van der Waals surface area contributed by atoms with E-state index in [1.165, 1.54) is 0 Å². The minimum Gasteiger partial charge on any atom is -0.319 e. The third-order valence-corrected chi connectivity index (χ3v) is 3.73. The maximum absolute atomic E-state index is 13.6. The van der Waals surface area contributed by atoms with Gasteiger partial charge in [0.1, 0.15) is 16.5 Å². The number of anilines is 1. The van der Waals surface area contributed by atoms with Crippen molar-refractivity contribution in [1.82, 2.24) is 9.59 Å². The van der Waals surface area contributed by atoms with Gasteiger partial charge in [0.25, 0.3) is 5.91 Å². The Hall–Kier alpha value is -1.41. The lowest BCUT2D eigenvalue weighted by molar-refractivity contribution is 0.102. The van der Waals surface area contributed by atoms with E-state index in [2.05, 4.69) is 30.8 Å². The number of aromatic nitrogens is 2. The zero-order valence-corrected chi connectivity index (χ0v) is 12.1. The van der Waals surface area contributed by atoms with Crippen LogP contribution in [0.1, 0.15) is 22.3 Å². The van der Waals surface area contributed by atoms with Crippen molar-refractivity contribution in [3.05, 3.63) is 38.8 Å². The first-order valence-corrected chi connectivity index (χ1v) is 6.86. The lowest BCUT2D eigenvalue weighted by Crippen LogP contribution is -2.13. The maximum Gasteiger partial charge on any atom is 0.269 e. The molecule has 2 rings (SSSR count). The number of halogens is 3. The highest BCUT2D eigenvalue weighted by Crippen LogP contribution is 2.24. The molecule has 2 aromatic rings. The first kappa shape index (κ1) is 14.0. The van der Waals surface area contributed by atoms with Crippen molar-refractivity contribution in [3.63, 3.8) is 0 Å². The van der Waals surface area contributed by atoms with Gasteiger partial charge in [-0.15, -0.1) is 5.10 Å². The van der Waals surface area contributed by atoms with Crippen molar-refractivity contribution in [3.8, 4) is 0 Å². The number of benzene rings is 1. The van der Waals surface area contributed by atoms with Crippen molar-refractivity contribution < 1.29 is 13.6 Å². The standard InChI is InChI=1S/C11H8BrF2N3OS/c1-2-8-10(19-17-16-8)11(18)15-9-4-6(13)5(12)3-7(9)14/h3-4H,2H2,1H3,(H,15,18). The topological polar surface area (TPSA) is 54.9 Å². The van der Waals surface area contributed by atoms with Crippen molar-refractivity contribution in [2.24, 2.45) is 0 Å². The van der Waals surface area contributed by atoms with Gasteiger partial charge in [-0.25, -0.2) is 8.78 Å². The number of nitrogens with one attached hydrogen (secondary N) is 1. The van der Waals surface area contributed by atoms with Crippen molar-refractivity contribution >= 4 is 39.1 Å². The monoisotopic (exact) mass is 347 g/mol. The third kappa shape index (κ3) is 2.95. The summed E-state index contributed by atoms with van der Waals surface area (Å²) in [6.45, 7) is 1.83. The molecule has 100 valence electrons. The number of hydrogen-bond donors (Lipinski definition) is 1. The average Bonchev–Trinajstić information content (AvgIpc) is 2.84. The van der Waals surface area contributed by atoms with Crippen LogP contribution in [0, 0.1) is 11.6 Å². The van der Waals surface area contributed by atoms with Crippen LogP contribution in [0.25, 0.3) is 0 Å². The number of rotatable bonds is 3. The molecule has 1 amide bonds. The molecule has 0 radical (unpaired) electrons. The summed E-state index contributed by atoms with van der Waals surface area (Å²) < 4.78 is 30.5. The Bertz CT molecular complexity index is 632. The Morgan fingerprint density at radius 2 is 2.16 bits per heavy atom. The largest absolute Gasteiger partial charge is 0.319 e. The molecule has 1 heterocycles. The van der Waals surface area contributed by atoms with Crippen LogP contribution in [0.3, 0.4) is 0 Å². The van der Waals surface area contributed by atoms with Crippen LogP contribution in [0.2, 0.25) is 0 Å². The Kier molecular flexibility index (Phi) is 4.20. The molecule has 4 nitrogen and oxygen atoms in total. The van der Waals surface area contributed by atoms with Gasteiger partial charge < -0.3 is 5.32 Å². The Balaban J connectivity index is 2.27. The molecule has 0 bridgehead atoms. The lowest BCUT2D eigenvalue weighted by atomic mass is 10.2. The Morgan fingerprint density at radius 3 is 2.84 bits per heavy atom. The van der Waals surface area contributed by atoms with Gasteiger partial charge in [0.2, 0.25) is 0 Å². The molecule has 0 aliphatic carbocycles. The van der Waals surface area contributed by atoms with Gasteiger partial charge in [0.05, 0.1) is 15.9 Å². The highest BCUT2D eigenvalue weighted by atomic mass is 79.9. The molecule has 0 unspecified atom stereocenters. The number of carbonyl (C=O) groups excluding carboxylic acids is 1. The molecule has 0 spiro atoms. The summed E-state index contributed by atoms with van der Waals surface area (Å²) in [7, 11) is 0. The van der Waals surface area contributed by atoms with Gasteiger partial charge in [-0.3, -0.25) is 4.79 Å². The highest BCUT2D eigenvalue weighted by Gasteiger charge is 2.17. The van der Waals surface area contributed by atoms with Gasteiger partial charge in [0, 0.05) is 6.07 Å². The second kappa shape index (κ2) is 5.70. The number of hydrogen-bond acceptors (Lipinski definition) is 4. The van der Waals surface area contributed by atoms with Gasteiger partial charge >= 0.3 is 0 Å². The number of aryl methyl sites for hydroxylation is 1. The SMILES string of the molecule is CCc1nnsc1C(=O)Nc1cc(F)c(Br)cc1F. The number of nitrogens with zero attached hydrogens (tertiary/aromatic N) is 2. The summed E-state index contributed by atoms with van der Waals surface area (Å²) in [5.74, 6) is -1.93. The molecule has 0 fully saturated rings. The fourth-order valence-electron chi connectivity index (χ4n) is 1.41. The minimum atomic E-state index is -0.725. The van der Waals surface area contributed by atoms with Crippen LogP contribution in [0.15, 0.2) is 16.6 Å². The van der Waals surface area contributed by atoms with E-state index < -0.39 is 17.5 Å². The summed E-state index contributed by atoms with van der Waals surface area (Å²) in [6, 6.07) is 1.87. The number of amides is 1. The van der Waals surface area contributed by atoms with Crippen LogP contribution < -0.4 is 5.32 Å². The van der Waals surface area contributed by atoms with E-state index in [-0.39, 0.29) is 10.2 Å². The van der Waals surface area contributed by atoms with Crippen LogP contribution in [-0.2, 0) is 6.42 Å². The summed E-state index contributed by atoms with van der Waals surface area (Å²) in [6.07, 6.45) is 0.538. The van der Waals surface area contributed by atoms with E-state index in [9.17, 15) is 13.6 Å². The molecule has 8 heteroatoms. The summed E-state index contributed by atoms with van der Waals surface area (Å²) in [4.78, 5) is 12.2. The maximum atomic E-state index is 13.6. The third-order valence-electron chi connectivity index (χ3n) is 2.36. The predicted molar refractivity (Wildman–Crippen MR) is 71.3 cm³/mol. The van der Waals surface area contributed by atoms with E-state index in [1.807, 2.05) is 6.92 Å². The first-order valence-electron chi connectivity index (χ1n) is 5.30. The van der Waals surface area contributed by atoms with Crippen molar-refractivity contribution in [2.45, 2.75) is 13.3 Å². The van der Waals surface area contributed by atoms with Crippen LogP contribution in [0.5, 0.6) is 0 Å².